The standard InChI is InChI=1S/C22H24F2N4O3/c1-28-13-12-25-20(28)19(16-4-3-5-18(14-16)30-2)27-22(29)26-11-10-15-6-8-17(9-7-15)31-21(23)24/h3-9,12-14,19,21H,10-11H2,1-2H3,(H2,26,27,29). The van der Waals surface area contributed by atoms with Crippen molar-refractivity contribution in [2.45, 2.75) is 19.1 Å². The summed E-state index contributed by atoms with van der Waals surface area (Å²) in [6.07, 6.45) is 4.02. The number of hydrogen-bond donors (Lipinski definition) is 2. The van der Waals surface area contributed by atoms with Gasteiger partial charge in [-0.2, -0.15) is 8.78 Å². The molecule has 9 heteroatoms. The molecule has 3 aromatic rings. The Balaban J connectivity index is 1.61. The summed E-state index contributed by atoms with van der Waals surface area (Å²) >= 11 is 0. The maximum absolute atomic E-state index is 12.6. The van der Waals surface area contributed by atoms with Crippen LogP contribution in [0, 0.1) is 0 Å². The highest BCUT2D eigenvalue weighted by Gasteiger charge is 2.21. The molecular formula is C22H24F2N4O3. The van der Waals surface area contributed by atoms with Crippen LogP contribution in [0.2, 0.25) is 0 Å². The molecule has 0 radical (unpaired) electrons. The zero-order valence-corrected chi connectivity index (χ0v) is 17.2. The molecule has 0 bridgehead atoms. The van der Waals surface area contributed by atoms with Crippen LogP contribution < -0.4 is 20.1 Å². The zero-order chi connectivity index (χ0) is 22.2. The lowest BCUT2D eigenvalue weighted by Gasteiger charge is -2.20. The number of aryl methyl sites for hydroxylation is 1. The number of aromatic nitrogens is 2. The van der Waals surface area contributed by atoms with Crippen molar-refractivity contribution in [1.29, 1.82) is 0 Å². The molecule has 1 heterocycles. The van der Waals surface area contributed by atoms with Gasteiger partial charge in [0, 0.05) is 26.0 Å². The quantitative estimate of drug-likeness (QED) is 0.543. The normalized spacial score (nSPS) is 11.8. The van der Waals surface area contributed by atoms with Crippen molar-refractivity contribution >= 4 is 6.03 Å². The van der Waals surface area contributed by atoms with Crippen molar-refractivity contribution in [2.24, 2.45) is 7.05 Å². The molecule has 0 spiro atoms. The first-order valence-electron chi connectivity index (χ1n) is 9.65. The molecule has 1 unspecified atom stereocenters. The van der Waals surface area contributed by atoms with E-state index in [2.05, 4.69) is 20.4 Å². The van der Waals surface area contributed by atoms with Gasteiger partial charge in [0.15, 0.2) is 0 Å². The van der Waals surface area contributed by atoms with Crippen LogP contribution in [0.4, 0.5) is 13.6 Å². The second kappa shape index (κ2) is 10.4. The topological polar surface area (TPSA) is 77.4 Å². The van der Waals surface area contributed by atoms with Gasteiger partial charge in [0.05, 0.1) is 7.11 Å². The van der Waals surface area contributed by atoms with E-state index in [4.69, 9.17) is 4.74 Å². The number of rotatable bonds is 9. The van der Waals surface area contributed by atoms with Crippen LogP contribution in [0.1, 0.15) is 23.0 Å². The van der Waals surface area contributed by atoms with E-state index < -0.39 is 12.7 Å². The van der Waals surface area contributed by atoms with E-state index in [1.54, 1.807) is 25.4 Å². The van der Waals surface area contributed by atoms with Gasteiger partial charge < -0.3 is 24.7 Å². The van der Waals surface area contributed by atoms with Gasteiger partial charge in [0.2, 0.25) is 0 Å². The van der Waals surface area contributed by atoms with Crippen molar-refractivity contribution in [2.75, 3.05) is 13.7 Å². The Bertz CT molecular complexity index is 992. The minimum Gasteiger partial charge on any atom is -0.497 e. The van der Waals surface area contributed by atoms with Gasteiger partial charge in [-0.15, -0.1) is 0 Å². The molecule has 2 amide bonds. The fourth-order valence-electron chi connectivity index (χ4n) is 3.11. The highest BCUT2D eigenvalue weighted by molar-refractivity contribution is 5.74. The van der Waals surface area contributed by atoms with Crippen molar-refractivity contribution in [1.82, 2.24) is 20.2 Å². The number of nitrogens with zero attached hydrogens (tertiary/aromatic N) is 2. The SMILES string of the molecule is COc1cccc(C(NC(=O)NCCc2ccc(OC(F)F)cc2)c2nccn2C)c1. The molecule has 1 aromatic heterocycles. The minimum absolute atomic E-state index is 0.0978. The third kappa shape index (κ3) is 6.18. The highest BCUT2D eigenvalue weighted by Crippen LogP contribution is 2.24. The van der Waals surface area contributed by atoms with Crippen LogP contribution >= 0.6 is 0 Å². The molecule has 0 aliphatic carbocycles. The summed E-state index contributed by atoms with van der Waals surface area (Å²) in [5.41, 5.74) is 1.72. The number of alkyl halides is 2. The van der Waals surface area contributed by atoms with Crippen LogP contribution in [0.5, 0.6) is 11.5 Å². The predicted octanol–water partition coefficient (Wildman–Crippen LogP) is 3.66. The lowest BCUT2D eigenvalue weighted by molar-refractivity contribution is -0.0498. The second-order valence-corrected chi connectivity index (χ2v) is 6.78. The Hall–Kier alpha value is -3.62. The molecule has 2 N–H and O–H groups in total. The van der Waals surface area contributed by atoms with E-state index >= 15 is 0 Å². The van der Waals surface area contributed by atoms with E-state index in [0.717, 1.165) is 11.1 Å². The molecule has 1 atom stereocenters. The van der Waals surface area contributed by atoms with E-state index in [9.17, 15) is 13.6 Å². The number of imidazole rings is 1. The molecule has 2 aromatic carbocycles. The third-order valence-corrected chi connectivity index (χ3v) is 4.67. The Labute approximate surface area is 179 Å². The van der Waals surface area contributed by atoms with E-state index in [-0.39, 0.29) is 11.8 Å². The first kappa shape index (κ1) is 22.1. The van der Waals surface area contributed by atoms with Gasteiger partial charge in [0.25, 0.3) is 0 Å². The molecule has 164 valence electrons. The van der Waals surface area contributed by atoms with Crippen LogP contribution in [-0.2, 0) is 13.5 Å². The average molecular weight is 430 g/mol. The number of urea groups is 1. The number of nitrogens with one attached hydrogen (secondary N) is 2. The van der Waals surface area contributed by atoms with E-state index in [1.165, 1.54) is 12.1 Å². The third-order valence-electron chi connectivity index (χ3n) is 4.67. The summed E-state index contributed by atoms with van der Waals surface area (Å²) in [5.74, 6) is 1.46. The van der Waals surface area contributed by atoms with Crippen LogP contribution in [-0.4, -0.2) is 35.8 Å². The molecule has 0 saturated heterocycles. The van der Waals surface area contributed by atoms with Gasteiger partial charge >= 0.3 is 12.6 Å². The smallest absolute Gasteiger partial charge is 0.387 e. The van der Waals surface area contributed by atoms with Crippen LogP contribution in [0.25, 0.3) is 0 Å². The van der Waals surface area contributed by atoms with Gasteiger partial charge in [-0.05, 0) is 41.8 Å². The highest BCUT2D eigenvalue weighted by atomic mass is 19.3. The van der Waals surface area contributed by atoms with Crippen molar-refractivity contribution in [3.8, 4) is 11.5 Å². The monoisotopic (exact) mass is 430 g/mol. The molecule has 3 rings (SSSR count). The summed E-state index contributed by atoms with van der Waals surface area (Å²) in [6.45, 7) is -2.49. The van der Waals surface area contributed by atoms with Crippen molar-refractivity contribution in [3.63, 3.8) is 0 Å². The fraction of sp³-hybridized carbons (Fsp3) is 0.273. The number of halogens is 2. The lowest BCUT2D eigenvalue weighted by Crippen LogP contribution is -2.40. The van der Waals surface area contributed by atoms with Gasteiger partial charge in [0.1, 0.15) is 23.4 Å². The largest absolute Gasteiger partial charge is 0.497 e. The molecular weight excluding hydrogens is 406 g/mol. The van der Waals surface area contributed by atoms with Crippen LogP contribution in [0.15, 0.2) is 60.9 Å². The van der Waals surface area contributed by atoms with Crippen molar-refractivity contribution in [3.05, 3.63) is 77.9 Å². The summed E-state index contributed by atoms with van der Waals surface area (Å²) < 4.78 is 35.9. The molecule has 0 saturated carbocycles. The number of methoxy groups -OCH3 is 1. The Morgan fingerprint density at radius 3 is 2.58 bits per heavy atom. The van der Waals surface area contributed by atoms with Crippen LogP contribution in [0.3, 0.4) is 0 Å². The zero-order valence-electron chi connectivity index (χ0n) is 17.2. The summed E-state index contributed by atoms with van der Waals surface area (Å²) in [6, 6.07) is 12.9. The maximum atomic E-state index is 12.6. The summed E-state index contributed by atoms with van der Waals surface area (Å²) in [5, 5.41) is 5.77. The number of carbonyl (C=O) groups is 1. The summed E-state index contributed by atoms with van der Waals surface area (Å²) in [7, 11) is 3.44. The van der Waals surface area contributed by atoms with Gasteiger partial charge in [-0.25, -0.2) is 9.78 Å². The molecule has 0 aliphatic heterocycles. The van der Waals surface area contributed by atoms with Gasteiger partial charge in [-0.3, -0.25) is 0 Å². The minimum atomic E-state index is -2.85. The number of carbonyl (C=O) groups excluding carboxylic acids is 1. The van der Waals surface area contributed by atoms with Gasteiger partial charge in [-0.1, -0.05) is 24.3 Å². The number of ether oxygens (including phenoxy) is 2. The average Bonchev–Trinajstić information content (AvgIpc) is 3.18. The Morgan fingerprint density at radius 2 is 1.94 bits per heavy atom. The number of hydrogen-bond acceptors (Lipinski definition) is 4. The first-order valence-corrected chi connectivity index (χ1v) is 9.65. The van der Waals surface area contributed by atoms with E-state index in [0.29, 0.717) is 24.5 Å². The molecule has 7 nitrogen and oxygen atoms in total. The second-order valence-electron chi connectivity index (χ2n) is 6.78. The maximum Gasteiger partial charge on any atom is 0.387 e. The molecule has 0 fully saturated rings. The fourth-order valence-corrected chi connectivity index (χ4v) is 3.11. The lowest BCUT2D eigenvalue weighted by atomic mass is 10.1. The van der Waals surface area contributed by atoms with E-state index in [1.807, 2.05) is 42.1 Å². The molecule has 0 aliphatic rings. The Morgan fingerprint density at radius 1 is 1.16 bits per heavy atom. The predicted molar refractivity (Wildman–Crippen MR) is 111 cm³/mol. The summed E-state index contributed by atoms with van der Waals surface area (Å²) in [4.78, 5) is 16.9. The number of amides is 2. The van der Waals surface area contributed by atoms with Crippen molar-refractivity contribution < 1.29 is 23.0 Å². The Kier molecular flexibility index (Phi) is 7.42. The molecule has 31 heavy (non-hydrogen) atoms. The number of benzene rings is 2. The first-order chi connectivity index (χ1) is 15.0.